The van der Waals surface area contributed by atoms with Crippen molar-refractivity contribution in [1.29, 1.82) is 0 Å². The van der Waals surface area contributed by atoms with Gasteiger partial charge in [0.05, 0.1) is 13.1 Å². The molecule has 1 amide bonds. The molecule has 0 bridgehead atoms. The number of nitrogens with zero attached hydrogens (tertiary/aromatic N) is 3. The number of amides is 1. The number of carbonyl (C=O) groups excluding carboxylic acids is 2. The minimum Gasteiger partial charge on any atom is -0.348 e. The van der Waals surface area contributed by atoms with Crippen LogP contribution in [0.2, 0.25) is 0 Å². The van der Waals surface area contributed by atoms with Gasteiger partial charge in [0, 0.05) is 34.6 Å². The molecule has 0 saturated carbocycles. The number of aryl methyl sites for hydroxylation is 3. The molecule has 6 nitrogen and oxygen atoms in total. The number of rotatable bonds is 9. The Morgan fingerprint density at radius 3 is 2.67 bits per heavy atom. The van der Waals surface area contributed by atoms with E-state index < -0.39 is 0 Å². The normalized spacial score (nSPS) is 11.1. The molecule has 0 spiro atoms. The summed E-state index contributed by atoms with van der Waals surface area (Å²) in [5.41, 5.74) is 3.82. The summed E-state index contributed by atoms with van der Waals surface area (Å²) >= 11 is 1.75. The molecule has 3 aromatic rings. The second-order valence-electron chi connectivity index (χ2n) is 7.63. The molecule has 3 aromatic heterocycles. The van der Waals surface area contributed by atoms with Gasteiger partial charge in [0.1, 0.15) is 5.82 Å². The molecule has 158 valence electrons. The molecule has 0 aliphatic rings. The van der Waals surface area contributed by atoms with Crippen LogP contribution in [-0.4, -0.2) is 46.3 Å². The number of hydrogen-bond donors (Lipinski definition) is 1. The van der Waals surface area contributed by atoms with Crippen molar-refractivity contribution in [3.05, 3.63) is 69.3 Å². The molecule has 3 heterocycles. The van der Waals surface area contributed by atoms with E-state index in [1.54, 1.807) is 29.5 Å². The van der Waals surface area contributed by atoms with Crippen molar-refractivity contribution in [3.8, 4) is 0 Å². The van der Waals surface area contributed by atoms with Gasteiger partial charge in [-0.05, 0) is 69.4 Å². The first-order chi connectivity index (χ1) is 14.3. The second kappa shape index (κ2) is 9.82. The van der Waals surface area contributed by atoms with E-state index in [0.717, 1.165) is 35.5 Å². The standard InChI is InChI=1S/C23H28N4O2S/c1-16-7-9-24-22(12-16)25-23(29)15-26(4)14-21(28)20-13-17(2)27(18(20)3)10-8-19-6-5-11-30-19/h5-7,9,11-13H,8,10,14-15H2,1-4H3,(H,24,25,29). The Morgan fingerprint density at radius 1 is 1.17 bits per heavy atom. The van der Waals surface area contributed by atoms with Crippen LogP contribution < -0.4 is 5.32 Å². The molecule has 0 unspecified atom stereocenters. The Bertz CT molecular complexity index is 1020. The predicted molar refractivity (Wildman–Crippen MR) is 121 cm³/mol. The molecular weight excluding hydrogens is 396 g/mol. The van der Waals surface area contributed by atoms with Gasteiger partial charge in [-0.2, -0.15) is 0 Å². The number of likely N-dealkylation sites (N-methyl/N-ethyl adjacent to an activating group) is 1. The minimum absolute atomic E-state index is 0.0226. The van der Waals surface area contributed by atoms with Gasteiger partial charge in [-0.25, -0.2) is 4.98 Å². The Morgan fingerprint density at radius 2 is 1.97 bits per heavy atom. The Kier molecular flexibility index (Phi) is 7.18. The molecule has 0 saturated heterocycles. The fraction of sp³-hybridized carbons (Fsp3) is 0.348. The summed E-state index contributed by atoms with van der Waals surface area (Å²) in [4.78, 5) is 32.3. The third-order valence-corrected chi connectivity index (χ3v) is 5.98. The maximum atomic E-state index is 12.9. The molecule has 0 aliphatic carbocycles. The third-order valence-electron chi connectivity index (χ3n) is 5.05. The van der Waals surface area contributed by atoms with E-state index in [0.29, 0.717) is 5.82 Å². The summed E-state index contributed by atoms with van der Waals surface area (Å²) < 4.78 is 2.20. The average Bonchev–Trinajstić information content (AvgIpc) is 3.28. The molecular formula is C23H28N4O2S. The van der Waals surface area contributed by atoms with Crippen LogP contribution in [0.3, 0.4) is 0 Å². The number of aromatic nitrogens is 2. The van der Waals surface area contributed by atoms with Gasteiger partial charge in [0.25, 0.3) is 0 Å². The maximum Gasteiger partial charge on any atom is 0.239 e. The highest BCUT2D eigenvalue weighted by Crippen LogP contribution is 2.18. The number of ketones is 1. The fourth-order valence-electron chi connectivity index (χ4n) is 3.52. The largest absolute Gasteiger partial charge is 0.348 e. The van der Waals surface area contributed by atoms with Crippen LogP contribution in [0.25, 0.3) is 0 Å². The number of pyridine rings is 1. The van der Waals surface area contributed by atoms with E-state index >= 15 is 0 Å². The average molecular weight is 425 g/mol. The monoisotopic (exact) mass is 424 g/mol. The first kappa shape index (κ1) is 21.9. The van der Waals surface area contributed by atoms with Gasteiger partial charge >= 0.3 is 0 Å². The molecule has 0 atom stereocenters. The van der Waals surface area contributed by atoms with Crippen LogP contribution in [-0.2, 0) is 17.8 Å². The molecule has 0 aromatic carbocycles. The van der Waals surface area contributed by atoms with E-state index in [-0.39, 0.29) is 24.8 Å². The smallest absolute Gasteiger partial charge is 0.239 e. The zero-order chi connectivity index (χ0) is 21.7. The van der Waals surface area contributed by atoms with Crippen LogP contribution >= 0.6 is 11.3 Å². The molecule has 7 heteroatoms. The van der Waals surface area contributed by atoms with Crippen molar-refractivity contribution in [3.63, 3.8) is 0 Å². The van der Waals surface area contributed by atoms with E-state index in [1.807, 2.05) is 39.0 Å². The van der Waals surface area contributed by atoms with E-state index in [9.17, 15) is 9.59 Å². The summed E-state index contributed by atoms with van der Waals surface area (Å²) in [6.45, 7) is 7.13. The zero-order valence-corrected chi connectivity index (χ0v) is 18.8. The van der Waals surface area contributed by atoms with Crippen LogP contribution in [0.1, 0.15) is 32.2 Å². The molecule has 3 rings (SSSR count). The van der Waals surface area contributed by atoms with Crippen molar-refractivity contribution in [1.82, 2.24) is 14.5 Å². The van der Waals surface area contributed by atoms with Crippen molar-refractivity contribution < 1.29 is 9.59 Å². The van der Waals surface area contributed by atoms with E-state index in [4.69, 9.17) is 0 Å². The lowest BCUT2D eigenvalue weighted by Gasteiger charge is -2.15. The number of carbonyl (C=O) groups is 2. The lowest BCUT2D eigenvalue weighted by atomic mass is 10.1. The first-order valence-electron chi connectivity index (χ1n) is 9.97. The highest BCUT2D eigenvalue weighted by Gasteiger charge is 2.18. The molecule has 0 fully saturated rings. The maximum absolute atomic E-state index is 12.9. The first-order valence-corrected chi connectivity index (χ1v) is 10.8. The zero-order valence-electron chi connectivity index (χ0n) is 17.9. The van der Waals surface area contributed by atoms with E-state index in [2.05, 4.69) is 32.4 Å². The van der Waals surface area contributed by atoms with Crippen LogP contribution in [0.4, 0.5) is 5.82 Å². The van der Waals surface area contributed by atoms with Gasteiger partial charge in [0.2, 0.25) is 5.91 Å². The Balaban J connectivity index is 1.57. The number of nitrogens with one attached hydrogen (secondary N) is 1. The number of thiophene rings is 1. The molecule has 0 radical (unpaired) electrons. The summed E-state index contributed by atoms with van der Waals surface area (Å²) in [7, 11) is 1.77. The minimum atomic E-state index is -0.190. The topological polar surface area (TPSA) is 67.2 Å². The quantitative estimate of drug-likeness (QED) is 0.530. The van der Waals surface area contributed by atoms with Crippen molar-refractivity contribution in [2.75, 3.05) is 25.5 Å². The van der Waals surface area contributed by atoms with Crippen LogP contribution in [0.15, 0.2) is 41.9 Å². The number of hydrogen-bond acceptors (Lipinski definition) is 5. The van der Waals surface area contributed by atoms with Gasteiger partial charge in [-0.3, -0.25) is 14.5 Å². The third kappa shape index (κ3) is 5.64. The van der Waals surface area contributed by atoms with Gasteiger partial charge in [-0.1, -0.05) is 6.07 Å². The Labute approximate surface area is 181 Å². The SMILES string of the molecule is Cc1ccnc(NC(=O)CN(C)CC(=O)c2cc(C)n(CCc3cccs3)c2C)c1. The van der Waals surface area contributed by atoms with Crippen molar-refractivity contribution >= 4 is 28.8 Å². The highest BCUT2D eigenvalue weighted by atomic mass is 32.1. The van der Waals surface area contributed by atoms with Crippen LogP contribution in [0, 0.1) is 20.8 Å². The van der Waals surface area contributed by atoms with Crippen molar-refractivity contribution in [2.24, 2.45) is 0 Å². The predicted octanol–water partition coefficient (Wildman–Crippen LogP) is 3.87. The number of Topliss-reactive ketones (excluding diaryl/α,β-unsaturated/α-hetero) is 1. The summed E-state index contributed by atoms with van der Waals surface area (Å²) in [5, 5.41) is 4.86. The fourth-order valence-corrected chi connectivity index (χ4v) is 4.22. The molecule has 1 N–H and O–H groups in total. The van der Waals surface area contributed by atoms with Gasteiger partial charge in [-0.15, -0.1) is 11.3 Å². The second-order valence-corrected chi connectivity index (χ2v) is 8.66. The summed E-state index contributed by atoms with van der Waals surface area (Å²) in [6.07, 6.45) is 2.61. The molecule has 30 heavy (non-hydrogen) atoms. The van der Waals surface area contributed by atoms with Crippen molar-refractivity contribution in [2.45, 2.75) is 33.7 Å². The lowest BCUT2D eigenvalue weighted by molar-refractivity contribution is -0.116. The Hall–Kier alpha value is -2.77. The lowest BCUT2D eigenvalue weighted by Crippen LogP contribution is -2.34. The van der Waals surface area contributed by atoms with E-state index in [1.165, 1.54) is 4.88 Å². The van der Waals surface area contributed by atoms with Gasteiger partial charge in [0.15, 0.2) is 5.78 Å². The summed E-state index contributed by atoms with van der Waals surface area (Å²) in [5.74, 6) is 0.355. The summed E-state index contributed by atoms with van der Waals surface area (Å²) in [6, 6.07) is 9.84. The van der Waals surface area contributed by atoms with Crippen LogP contribution in [0.5, 0.6) is 0 Å². The van der Waals surface area contributed by atoms with Gasteiger partial charge < -0.3 is 9.88 Å². The molecule has 0 aliphatic heterocycles. The highest BCUT2D eigenvalue weighted by molar-refractivity contribution is 7.09. The number of anilines is 1.